The molecule has 1 heterocycles. The number of carbonyl (C=O) groups is 1. The normalized spacial score (nSPS) is 17.1. The van der Waals surface area contributed by atoms with Gasteiger partial charge in [0.1, 0.15) is 0 Å². The third-order valence-electron chi connectivity index (χ3n) is 5.24. The predicted octanol–water partition coefficient (Wildman–Crippen LogP) is 4.11. The Labute approximate surface area is 163 Å². The minimum absolute atomic E-state index is 0.0143. The Balaban J connectivity index is 1.45. The Morgan fingerprint density at radius 3 is 2.62 bits per heavy atom. The Bertz CT molecular complexity index is 889. The van der Waals surface area contributed by atoms with Crippen molar-refractivity contribution in [2.75, 3.05) is 13.1 Å². The van der Waals surface area contributed by atoms with Gasteiger partial charge in [-0.3, -0.25) is 4.79 Å². The van der Waals surface area contributed by atoms with E-state index in [-0.39, 0.29) is 5.91 Å². The fraction of sp³-hybridized carbons (Fsp3) is 0.286. The maximum Gasteiger partial charge on any atom is 0.240 e. The molecule has 26 heavy (non-hydrogen) atoms. The van der Waals surface area contributed by atoms with Crippen LogP contribution in [0.15, 0.2) is 48.0 Å². The minimum Gasteiger partial charge on any atom is -0.337 e. The second kappa shape index (κ2) is 7.07. The average Bonchev–Trinajstić information content (AvgIpc) is 3.00. The Morgan fingerprint density at radius 1 is 1.12 bits per heavy atom. The Morgan fingerprint density at radius 2 is 1.85 bits per heavy atom. The van der Waals surface area contributed by atoms with Crippen molar-refractivity contribution < 1.29 is 4.79 Å². The van der Waals surface area contributed by atoms with Crippen molar-refractivity contribution in [3.63, 3.8) is 0 Å². The van der Waals surface area contributed by atoms with E-state index < -0.39 is 6.04 Å². The lowest BCUT2D eigenvalue weighted by Crippen LogP contribution is -2.47. The summed E-state index contributed by atoms with van der Waals surface area (Å²) in [6, 6.07) is 13.0. The molecule has 4 rings (SSSR count). The molecule has 2 aliphatic rings. The van der Waals surface area contributed by atoms with Gasteiger partial charge in [0.2, 0.25) is 5.91 Å². The monoisotopic (exact) mass is 386 g/mol. The van der Waals surface area contributed by atoms with Crippen LogP contribution in [-0.4, -0.2) is 29.9 Å². The molecule has 1 amide bonds. The number of amides is 1. The van der Waals surface area contributed by atoms with E-state index in [4.69, 9.17) is 28.9 Å². The van der Waals surface area contributed by atoms with Crippen molar-refractivity contribution in [1.29, 1.82) is 0 Å². The van der Waals surface area contributed by atoms with Crippen LogP contribution in [0.25, 0.3) is 5.57 Å². The van der Waals surface area contributed by atoms with Crippen LogP contribution >= 0.6 is 23.2 Å². The molecule has 0 bridgehead atoms. The number of benzene rings is 2. The lowest BCUT2D eigenvalue weighted by Gasteiger charge is -2.31. The highest BCUT2D eigenvalue weighted by molar-refractivity contribution is 6.31. The first-order valence-electron chi connectivity index (χ1n) is 8.80. The van der Waals surface area contributed by atoms with Gasteiger partial charge in [-0.1, -0.05) is 41.4 Å². The molecule has 0 radical (unpaired) electrons. The first-order valence-corrected chi connectivity index (χ1v) is 9.55. The average molecular weight is 387 g/mol. The highest BCUT2D eigenvalue weighted by atomic mass is 35.5. The molecule has 5 heteroatoms. The molecular formula is C21H20Cl2N2O. The molecule has 0 spiro atoms. The summed E-state index contributed by atoms with van der Waals surface area (Å²) in [5, 5.41) is 1.45. The zero-order valence-corrected chi connectivity index (χ0v) is 15.9. The molecule has 1 unspecified atom stereocenters. The highest BCUT2D eigenvalue weighted by Crippen LogP contribution is 2.39. The van der Waals surface area contributed by atoms with Gasteiger partial charge in [0.05, 0.1) is 6.04 Å². The topological polar surface area (TPSA) is 46.3 Å². The van der Waals surface area contributed by atoms with Crippen LogP contribution in [0, 0.1) is 0 Å². The quantitative estimate of drug-likeness (QED) is 0.862. The standard InChI is InChI=1S/C21H20Cl2N2O/c22-16-4-1-13(2-5-16)9-20(24)21(26)25-8-7-18-15(12-25)10-14-3-6-17(23)11-19(14)18/h1-6,11,20H,7-10,12,24H2. The van der Waals surface area contributed by atoms with Crippen LogP contribution in [0.3, 0.4) is 0 Å². The smallest absolute Gasteiger partial charge is 0.240 e. The van der Waals surface area contributed by atoms with Crippen LogP contribution in [0.4, 0.5) is 0 Å². The third-order valence-corrected chi connectivity index (χ3v) is 5.73. The SMILES string of the molecule is NC(Cc1ccc(Cl)cc1)C(=O)N1CCC2=C(Cc3ccc(Cl)cc32)C1. The van der Waals surface area contributed by atoms with Gasteiger partial charge in [0.25, 0.3) is 0 Å². The van der Waals surface area contributed by atoms with E-state index in [1.807, 2.05) is 41.3 Å². The van der Waals surface area contributed by atoms with Crippen molar-refractivity contribution in [3.8, 4) is 0 Å². The van der Waals surface area contributed by atoms with Crippen molar-refractivity contribution in [2.45, 2.75) is 25.3 Å². The van der Waals surface area contributed by atoms with E-state index in [2.05, 4.69) is 6.07 Å². The molecular weight excluding hydrogens is 367 g/mol. The van der Waals surface area contributed by atoms with Gasteiger partial charge in [-0.25, -0.2) is 0 Å². The van der Waals surface area contributed by atoms with Crippen LogP contribution in [0.2, 0.25) is 10.0 Å². The van der Waals surface area contributed by atoms with E-state index in [9.17, 15) is 4.79 Å². The molecule has 1 aliphatic heterocycles. The van der Waals surface area contributed by atoms with E-state index in [0.717, 1.165) is 23.4 Å². The van der Waals surface area contributed by atoms with Crippen LogP contribution < -0.4 is 5.73 Å². The summed E-state index contributed by atoms with van der Waals surface area (Å²) in [7, 11) is 0. The first kappa shape index (κ1) is 17.6. The zero-order valence-electron chi connectivity index (χ0n) is 14.3. The summed E-state index contributed by atoms with van der Waals surface area (Å²) < 4.78 is 0. The minimum atomic E-state index is -0.531. The largest absolute Gasteiger partial charge is 0.337 e. The number of hydrogen-bond donors (Lipinski definition) is 1. The molecule has 0 fully saturated rings. The lowest BCUT2D eigenvalue weighted by molar-refractivity contribution is -0.132. The van der Waals surface area contributed by atoms with Crippen molar-refractivity contribution in [1.82, 2.24) is 4.90 Å². The molecule has 2 N–H and O–H groups in total. The third kappa shape index (κ3) is 3.39. The molecule has 0 saturated carbocycles. The van der Waals surface area contributed by atoms with Gasteiger partial charge in [0, 0.05) is 23.1 Å². The number of halogens is 2. The fourth-order valence-corrected chi connectivity index (χ4v) is 4.21. The number of carbonyl (C=O) groups excluding carboxylic acids is 1. The number of fused-ring (bicyclic) bond motifs is 2. The molecule has 1 aliphatic carbocycles. The number of hydrogen-bond acceptors (Lipinski definition) is 2. The maximum absolute atomic E-state index is 12.8. The molecule has 0 saturated heterocycles. The van der Waals surface area contributed by atoms with Crippen molar-refractivity contribution in [2.24, 2.45) is 5.73 Å². The number of rotatable bonds is 3. The summed E-state index contributed by atoms with van der Waals surface area (Å²) in [4.78, 5) is 14.7. The second-order valence-electron chi connectivity index (χ2n) is 7.01. The van der Waals surface area contributed by atoms with E-state index in [1.165, 1.54) is 22.3 Å². The molecule has 134 valence electrons. The van der Waals surface area contributed by atoms with E-state index >= 15 is 0 Å². The van der Waals surface area contributed by atoms with Gasteiger partial charge in [0.15, 0.2) is 0 Å². The molecule has 2 aromatic rings. The molecule has 3 nitrogen and oxygen atoms in total. The zero-order chi connectivity index (χ0) is 18.3. The van der Waals surface area contributed by atoms with Crippen LogP contribution in [0.1, 0.15) is 23.1 Å². The summed E-state index contributed by atoms with van der Waals surface area (Å²) >= 11 is 12.1. The fourth-order valence-electron chi connectivity index (χ4n) is 3.91. The van der Waals surface area contributed by atoms with Crippen LogP contribution in [-0.2, 0) is 17.6 Å². The van der Waals surface area contributed by atoms with E-state index in [0.29, 0.717) is 24.5 Å². The van der Waals surface area contributed by atoms with Gasteiger partial charge in [-0.15, -0.1) is 0 Å². The van der Waals surface area contributed by atoms with Crippen molar-refractivity contribution in [3.05, 3.63) is 74.8 Å². The summed E-state index contributed by atoms with van der Waals surface area (Å²) in [6.45, 7) is 1.37. The summed E-state index contributed by atoms with van der Waals surface area (Å²) in [6.07, 6.45) is 2.29. The Hall–Kier alpha value is -1.81. The predicted molar refractivity (Wildman–Crippen MR) is 106 cm³/mol. The number of nitrogens with two attached hydrogens (primary N) is 1. The van der Waals surface area contributed by atoms with Gasteiger partial charge < -0.3 is 10.6 Å². The van der Waals surface area contributed by atoms with E-state index in [1.54, 1.807) is 0 Å². The second-order valence-corrected chi connectivity index (χ2v) is 7.88. The number of nitrogens with zero attached hydrogens (tertiary/aromatic N) is 1. The lowest BCUT2D eigenvalue weighted by atomic mass is 9.98. The maximum atomic E-state index is 12.8. The van der Waals surface area contributed by atoms with Crippen LogP contribution in [0.5, 0.6) is 0 Å². The summed E-state index contributed by atoms with van der Waals surface area (Å²) in [5.41, 5.74) is 12.5. The highest BCUT2D eigenvalue weighted by Gasteiger charge is 2.30. The molecule has 0 aromatic heterocycles. The van der Waals surface area contributed by atoms with Gasteiger partial charge in [-0.05, 0) is 71.4 Å². The molecule has 1 atom stereocenters. The first-order chi connectivity index (χ1) is 12.5. The summed E-state index contributed by atoms with van der Waals surface area (Å²) in [5.74, 6) is 0.0143. The van der Waals surface area contributed by atoms with Crippen molar-refractivity contribution >= 4 is 34.7 Å². The van der Waals surface area contributed by atoms with Gasteiger partial charge in [-0.2, -0.15) is 0 Å². The Kier molecular flexibility index (Phi) is 4.78. The van der Waals surface area contributed by atoms with Gasteiger partial charge >= 0.3 is 0 Å². The molecule has 2 aromatic carbocycles.